The van der Waals surface area contributed by atoms with Crippen molar-refractivity contribution in [2.45, 2.75) is 19.3 Å². The van der Waals surface area contributed by atoms with Gasteiger partial charge >= 0.3 is 0 Å². The van der Waals surface area contributed by atoms with Gasteiger partial charge in [-0.15, -0.1) is 0 Å². The summed E-state index contributed by atoms with van der Waals surface area (Å²) in [6.45, 7) is 1.93. The second kappa shape index (κ2) is 5.67. The lowest BCUT2D eigenvalue weighted by Crippen LogP contribution is -2.43. The van der Waals surface area contributed by atoms with Crippen LogP contribution in [0, 0.1) is 0 Å². The molecule has 1 fully saturated rings. The Morgan fingerprint density at radius 3 is 2.55 bits per heavy atom. The Kier molecular flexibility index (Phi) is 3.74. The van der Waals surface area contributed by atoms with Crippen LogP contribution < -0.4 is 5.32 Å². The number of carbonyl (C=O) groups is 1. The molecule has 0 aromatic heterocycles. The van der Waals surface area contributed by atoms with E-state index in [1.807, 2.05) is 12.1 Å². The fourth-order valence-corrected chi connectivity index (χ4v) is 2.55. The molecule has 0 unspecified atom stereocenters. The molecule has 0 saturated carbocycles. The predicted octanol–water partition coefficient (Wildman–Crippen LogP) is 2.65. The molecular weight excluding hydrogens is 274 g/mol. The van der Waals surface area contributed by atoms with E-state index in [-0.39, 0.29) is 5.91 Å². The second-order valence-electron chi connectivity index (χ2n) is 5.02. The van der Waals surface area contributed by atoms with Crippen LogP contribution in [0.25, 0.3) is 6.08 Å². The first-order valence-electron chi connectivity index (χ1n) is 6.85. The minimum absolute atomic E-state index is 0.138. The molecule has 0 spiro atoms. The first-order valence-corrected chi connectivity index (χ1v) is 7.22. The number of piperidine rings is 1. The van der Waals surface area contributed by atoms with Crippen molar-refractivity contribution >= 4 is 29.5 Å². The third-order valence-corrected chi connectivity index (χ3v) is 3.77. The van der Waals surface area contributed by atoms with Crippen LogP contribution in [-0.2, 0) is 4.79 Å². The number of rotatable bonds is 1. The zero-order valence-electron chi connectivity index (χ0n) is 11.1. The van der Waals surface area contributed by atoms with Gasteiger partial charge < -0.3 is 4.90 Å². The normalized spacial score (nSPS) is 21.1. The van der Waals surface area contributed by atoms with Crippen molar-refractivity contribution in [3.63, 3.8) is 0 Å². The molecule has 0 radical (unpaired) electrons. The molecule has 104 valence electrons. The largest absolute Gasteiger partial charge is 0.342 e. The summed E-state index contributed by atoms with van der Waals surface area (Å²) in [4.78, 5) is 18.5. The molecule has 2 aliphatic heterocycles. The molecule has 0 aliphatic carbocycles. The van der Waals surface area contributed by atoms with Gasteiger partial charge in [0.1, 0.15) is 5.70 Å². The van der Waals surface area contributed by atoms with Crippen molar-refractivity contribution in [2.24, 2.45) is 4.99 Å². The minimum Gasteiger partial charge on any atom is -0.342 e. The predicted molar refractivity (Wildman–Crippen MR) is 80.4 cm³/mol. The van der Waals surface area contributed by atoms with Crippen LogP contribution in [0.3, 0.4) is 0 Å². The number of benzene rings is 1. The van der Waals surface area contributed by atoms with Gasteiger partial charge in [0.05, 0.1) is 0 Å². The molecular formula is C15H16ClN3O. The molecule has 5 heteroatoms. The number of nitrogens with zero attached hydrogens (tertiary/aromatic N) is 2. The fourth-order valence-electron chi connectivity index (χ4n) is 2.43. The first-order chi connectivity index (χ1) is 9.72. The van der Waals surface area contributed by atoms with E-state index in [4.69, 9.17) is 11.6 Å². The quantitative estimate of drug-likeness (QED) is 0.808. The molecule has 3 rings (SSSR count). The van der Waals surface area contributed by atoms with E-state index >= 15 is 0 Å². The summed E-state index contributed by atoms with van der Waals surface area (Å²) >= 11 is 5.85. The smallest absolute Gasteiger partial charge is 0.276 e. The molecule has 1 aromatic carbocycles. The number of aliphatic imine (C=N–C) groups is 1. The summed E-state index contributed by atoms with van der Waals surface area (Å²) in [6, 6.07) is 7.35. The molecule has 1 N–H and O–H groups in total. The summed E-state index contributed by atoms with van der Waals surface area (Å²) < 4.78 is 0. The maximum atomic E-state index is 12.0. The monoisotopic (exact) mass is 289 g/mol. The lowest BCUT2D eigenvalue weighted by atomic mass is 10.1. The maximum Gasteiger partial charge on any atom is 0.276 e. The van der Waals surface area contributed by atoms with Gasteiger partial charge in [0, 0.05) is 18.1 Å². The molecule has 0 atom stereocenters. The zero-order valence-corrected chi connectivity index (χ0v) is 11.9. The van der Waals surface area contributed by atoms with Gasteiger partial charge in [-0.3, -0.25) is 10.1 Å². The molecule has 2 heterocycles. The molecule has 4 nitrogen and oxygen atoms in total. The molecule has 2 aliphatic rings. The highest BCUT2D eigenvalue weighted by molar-refractivity contribution is 6.30. The average molecular weight is 290 g/mol. The van der Waals surface area contributed by atoms with Crippen molar-refractivity contribution in [3.05, 3.63) is 40.5 Å². The number of hydrogen-bond donors (Lipinski definition) is 1. The zero-order chi connectivity index (χ0) is 13.9. The third-order valence-electron chi connectivity index (χ3n) is 3.51. The molecule has 1 amide bonds. The van der Waals surface area contributed by atoms with Gasteiger partial charge in [-0.05, 0) is 43.0 Å². The van der Waals surface area contributed by atoms with E-state index in [9.17, 15) is 4.79 Å². The summed E-state index contributed by atoms with van der Waals surface area (Å²) in [6.07, 6.45) is 5.35. The topological polar surface area (TPSA) is 44.7 Å². The Labute approximate surface area is 123 Å². The van der Waals surface area contributed by atoms with Gasteiger partial charge in [-0.25, -0.2) is 4.99 Å². The van der Waals surface area contributed by atoms with Crippen LogP contribution in [0.5, 0.6) is 0 Å². The third kappa shape index (κ3) is 2.85. The molecule has 0 bridgehead atoms. The van der Waals surface area contributed by atoms with E-state index < -0.39 is 0 Å². The Morgan fingerprint density at radius 1 is 1.15 bits per heavy atom. The van der Waals surface area contributed by atoms with E-state index in [1.165, 1.54) is 6.42 Å². The summed E-state index contributed by atoms with van der Waals surface area (Å²) in [5.74, 6) is 0.551. The van der Waals surface area contributed by atoms with Crippen molar-refractivity contribution in [3.8, 4) is 0 Å². The average Bonchev–Trinajstić information content (AvgIpc) is 2.84. The van der Waals surface area contributed by atoms with Crippen LogP contribution in [0.4, 0.5) is 0 Å². The second-order valence-corrected chi connectivity index (χ2v) is 5.45. The van der Waals surface area contributed by atoms with Crippen molar-refractivity contribution < 1.29 is 4.79 Å². The number of amides is 1. The Hall–Kier alpha value is -1.81. The minimum atomic E-state index is -0.138. The highest BCUT2D eigenvalue weighted by Crippen LogP contribution is 2.17. The van der Waals surface area contributed by atoms with Crippen LogP contribution in [0.1, 0.15) is 24.8 Å². The van der Waals surface area contributed by atoms with E-state index in [1.54, 1.807) is 18.2 Å². The van der Waals surface area contributed by atoms with Gasteiger partial charge in [-0.2, -0.15) is 0 Å². The van der Waals surface area contributed by atoms with Crippen LogP contribution >= 0.6 is 11.6 Å². The Bertz CT molecular complexity index is 571. The van der Waals surface area contributed by atoms with Crippen molar-refractivity contribution in [1.29, 1.82) is 0 Å². The highest BCUT2D eigenvalue weighted by Gasteiger charge is 2.25. The molecule has 20 heavy (non-hydrogen) atoms. The number of nitrogens with one attached hydrogen (secondary N) is 1. The summed E-state index contributed by atoms with van der Waals surface area (Å²) in [5.41, 5.74) is 1.37. The van der Waals surface area contributed by atoms with Crippen molar-refractivity contribution in [1.82, 2.24) is 10.2 Å². The number of guanidine groups is 1. The van der Waals surface area contributed by atoms with Gasteiger partial charge in [0.25, 0.3) is 5.91 Å². The molecule has 1 aromatic rings. The highest BCUT2D eigenvalue weighted by atomic mass is 35.5. The van der Waals surface area contributed by atoms with Crippen LogP contribution in [0.2, 0.25) is 5.02 Å². The number of likely N-dealkylation sites (tertiary alicyclic amines) is 1. The standard InChI is InChI=1S/C15H16ClN3O/c16-12-6-4-11(5-7-12)10-13-14(20)18-15(17-13)19-8-2-1-3-9-19/h4-7,10H,1-3,8-9H2,(H,17,18,20)/b13-10-. The van der Waals surface area contributed by atoms with E-state index in [2.05, 4.69) is 15.2 Å². The Balaban J connectivity index is 1.80. The maximum absolute atomic E-state index is 12.0. The van der Waals surface area contributed by atoms with Gasteiger partial charge in [-0.1, -0.05) is 23.7 Å². The van der Waals surface area contributed by atoms with Crippen molar-refractivity contribution in [2.75, 3.05) is 13.1 Å². The van der Waals surface area contributed by atoms with E-state index in [0.717, 1.165) is 31.5 Å². The summed E-state index contributed by atoms with van der Waals surface area (Å²) in [7, 11) is 0. The van der Waals surface area contributed by atoms with Gasteiger partial charge in [0.15, 0.2) is 0 Å². The van der Waals surface area contributed by atoms with E-state index in [0.29, 0.717) is 16.7 Å². The lowest BCUT2D eigenvalue weighted by Gasteiger charge is -2.27. The van der Waals surface area contributed by atoms with Crippen LogP contribution in [-0.4, -0.2) is 29.9 Å². The van der Waals surface area contributed by atoms with Crippen LogP contribution in [0.15, 0.2) is 35.0 Å². The SMILES string of the molecule is O=C1NC(N2CCCCC2)=N/C1=C\c1ccc(Cl)cc1. The fraction of sp³-hybridized carbons (Fsp3) is 0.333. The van der Waals surface area contributed by atoms with Gasteiger partial charge in [0.2, 0.25) is 5.96 Å². The molecule has 1 saturated heterocycles. The number of halogens is 1. The lowest BCUT2D eigenvalue weighted by molar-refractivity contribution is -0.115. The Morgan fingerprint density at radius 2 is 1.85 bits per heavy atom. The summed E-state index contributed by atoms with van der Waals surface area (Å²) in [5, 5.41) is 3.53. The number of carbonyl (C=O) groups excluding carboxylic acids is 1. The number of hydrogen-bond acceptors (Lipinski definition) is 3. The first kappa shape index (κ1) is 13.2.